The average molecular weight is 372 g/mol. The molecule has 1 fully saturated rings. The number of amides is 3. The summed E-state index contributed by atoms with van der Waals surface area (Å²) in [7, 11) is 1.33. The van der Waals surface area contributed by atoms with Crippen LogP contribution in [0.3, 0.4) is 0 Å². The molecule has 0 radical (unpaired) electrons. The second-order valence-corrected chi connectivity index (χ2v) is 7.04. The molecule has 1 aromatic heterocycles. The number of nitrogens with zero attached hydrogens (tertiary/aromatic N) is 2. The zero-order valence-electron chi connectivity index (χ0n) is 13.9. The van der Waals surface area contributed by atoms with E-state index in [1.54, 1.807) is 22.2 Å². The molecule has 134 valence electrons. The minimum Gasteiger partial charge on any atom is -0.453 e. The van der Waals surface area contributed by atoms with E-state index >= 15 is 0 Å². The van der Waals surface area contributed by atoms with E-state index in [-0.39, 0.29) is 17.9 Å². The van der Waals surface area contributed by atoms with E-state index in [4.69, 9.17) is 0 Å². The van der Waals surface area contributed by atoms with Gasteiger partial charge in [-0.3, -0.25) is 13.6 Å². The Hall–Kier alpha value is -2.94. The highest BCUT2D eigenvalue weighted by molar-refractivity contribution is 7.98. The molecule has 3 heterocycles. The first-order valence-corrected chi connectivity index (χ1v) is 8.77. The summed E-state index contributed by atoms with van der Waals surface area (Å²) in [5.74, 6) is -0.461. The van der Waals surface area contributed by atoms with Gasteiger partial charge in [0.25, 0.3) is 11.8 Å². The number of ether oxygens (including phenoxy) is 1. The van der Waals surface area contributed by atoms with E-state index in [0.29, 0.717) is 30.0 Å². The van der Waals surface area contributed by atoms with Gasteiger partial charge in [0.1, 0.15) is 5.69 Å². The predicted molar refractivity (Wildman–Crippen MR) is 95.3 cm³/mol. The summed E-state index contributed by atoms with van der Waals surface area (Å²) >= 11 is 1.41. The van der Waals surface area contributed by atoms with Gasteiger partial charge in [-0.05, 0) is 42.3 Å². The van der Waals surface area contributed by atoms with Crippen LogP contribution in [-0.4, -0.2) is 53.0 Å². The van der Waals surface area contributed by atoms with E-state index in [1.165, 1.54) is 24.0 Å². The van der Waals surface area contributed by atoms with Crippen LogP contribution in [0.2, 0.25) is 0 Å². The van der Waals surface area contributed by atoms with Crippen LogP contribution >= 0.6 is 11.9 Å². The normalized spacial score (nSPS) is 15.9. The molecule has 2 aromatic rings. The van der Waals surface area contributed by atoms with Gasteiger partial charge in [0.2, 0.25) is 0 Å². The van der Waals surface area contributed by atoms with Crippen molar-refractivity contribution in [1.82, 2.24) is 14.2 Å². The predicted octanol–water partition coefficient (Wildman–Crippen LogP) is 1.79. The van der Waals surface area contributed by atoms with E-state index in [9.17, 15) is 14.4 Å². The molecule has 1 saturated heterocycles. The number of hydrogen-bond donors (Lipinski definition) is 2. The van der Waals surface area contributed by atoms with Crippen LogP contribution in [-0.2, 0) is 4.74 Å². The molecule has 26 heavy (non-hydrogen) atoms. The molecule has 2 aliphatic heterocycles. The van der Waals surface area contributed by atoms with E-state index in [1.807, 2.05) is 18.3 Å². The van der Waals surface area contributed by atoms with Crippen molar-refractivity contribution in [3.63, 3.8) is 0 Å². The molecule has 1 aromatic carbocycles. The standard InChI is InChI=1S/C17H16N4O4S/c1-25-17(24)20-8-11(9-20)18-15(22)10-4-5-14-12(7-10)19-16(23)13-3-2-6-21(13)26-14/h2-7,11H,8-9H2,1H3,(H,18,22)(H,19,23). The van der Waals surface area contributed by atoms with Crippen LogP contribution < -0.4 is 10.6 Å². The molecule has 8 nitrogen and oxygen atoms in total. The molecular weight excluding hydrogens is 356 g/mol. The van der Waals surface area contributed by atoms with Gasteiger partial charge in [-0.1, -0.05) is 0 Å². The third-order valence-electron chi connectivity index (χ3n) is 4.28. The van der Waals surface area contributed by atoms with Crippen molar-refractivity contribution in [2.75, 3.05) is 25.5 Å². The van der Waals surface area contributed by atoms with Crippen molar-refractivity contribution in [2.24, 2.45) is 0 Å². The van der Waals surface area contributed by atoms with Crippen molar-refractivity contribution in [3.8, 4) is 0 Å². The van der Waals surface area contributed by atoms with Crippen LogP contribution in [0.1, 0.15) is 20.8 Å². The lowest BCUT2D eigenvalue weighted by Crippen LogP contribution is -2.60. The van der Waals surface area contributed by atoms with E-state index in [2.05, 4.69) is 15.4 Å². The summed E-state index contributed by atoms with van der Waals surface area (Å²) < 4.78 is 6.41. The second-order valence-electron chi connectivity index (χ2n) is 6.02. The second kappa shape index (κ2) is 6.41. The van der Waals surface area contributed by atoms with Crippen molar-refractivity contribution in [2.45, 2.75) is 10.9 Å². The van der Waals surface area contributed by atoms with Crippen LogP contribution in [0.25, 0.3) is 0 Å². The number of nitrogens with one attached hydrogen (secondary N) is 2. The highest BCUT2D eigenvalue weighted by atomic mass is 32.2. The number of carbonyl (C=O) groups is 3. The van der Waals surface area contributed by atoms with Gasteiger partial charge in [0.05, 0.1) is 23.7 Å². The van der Waals surface area contributed by atoms with Gasteiger partial charge in [-0.2, -0.15) is 0 Å². The Labute approximate surface area is 153 Å². The molecule has 0 atom stereocenters. The van der Waals surface area contributed by atoms with Crippen LogP contribution in [0.5, 0.6) is 0 Å². The summed E-state index contributed by atoms with van der Waals surface area (Å²) in [5, 5.41) is 5.72. The van der Waals surface area contributed by atoms with Crippen LogP contribution in [0.15, 0.2) is 41.4 Å². The zero-order chi connectivity index (χ0) is 18.3. The van der Waals surface area contributed by atoms with Crippen molar-refractivity contribution >= 4 is 35.5 Å². The van der Waals surface area contributed by atoms with Crippen molar-refractivity contribution in [3.05, 3.63) is 47.8 Å². The molecule has 0 spiro atoms. The Kier molecular flexibility index (Phi) is 4.08. The molecule has 3 amide bonds. The minimum absolute atomic E-state index is 0.106. The third kappa shape index (κ3) is 2.90. The zero-order valence-corrected chi connectivity index (χ0v) is 14.7. The Morgan fingerprint density at radius 3 is 2.88 bits per heavy atom. The molecular formula is C17H16N4O4S. The number of methoxy groups -OCH3 is 1. The van der Waals surface area contributed by atoms with Crippen LogP contribution in [0, 0.1) is 0 Å². The number of fused-ring (bicyclic) bond motifs is 2. The lowest BCUT2D eigenvalue weighted by molar-refractivity contribution is 0.0697. The maximum absolute atomic E-state index is 12.4. The number of carbonyl (C=O) groups excluding carboxylic acids is 3. The molecule has 9 heteroatoms. The van der Waals surface area contributed by atoms with Crippen LogP contribution in [0.4, 0.5) is 10.5 Å². The van der Waals surface area contributed by atoms with E-state index < -0.39 is 6.09 Å². The first kappa shape index (κ1) is 16.5. The smallest absolute Gasteiger partial charge is 0.409 e. The van der Waals surface area contributed by atoms with Gasteiger partial charge in [0, 0.05) is 24.8 Å². The highest BCUT2D eigenvalue weighted by Gasteiger charge is 2.32. The number of anilines is 1. The summed E-state index contributed by atoms with van der Waals surface area (Å²) in [4.78, 5) is 38.4. The lowest BCUT2D eigenvalue weighted by Gasteiger charge is -2.38. The molecule has 0 bridgehead atoms. The Morgan fingerprint density at radius 1 is 1.31 bits per heavy atom. The van der Waals surface area contributed by atoms with Crippen molar-refractivity contribution in [1.29, 1.82) is 0 Å². The van der Waals surface area contributed by atoms with Gasteiger partial charge in [0.15, 0.2) is 0 Å². The lowest BCUT2D eigenvalue weighted by atomic mass is 10.1. The van der Waals surface area contributed by atoms with Gasteiger partial charge in [-0.25, -0.2) is 4.79 Å². The number of hydrogen-bond acceptors (Lipinski definition) is 5. The quantitative estimate of drug-likeness (QED) is 0.838. The first-order chi connectivity index (χ1) is 12.5. The Balaban J connectivity index is 1.46. The number of likely N-dealkylation sites (tertiary alicyclic amines) is 1. The van der Waals surface area contributed by atoms with Crippen molar-refractivity contribution < 1.29 is 19.1 Å². The molecule has 0 aliphatic carbocycles. The Bertz CT molecular complexity index is 904. The fourth-order valence-electron chi connectivity index (χ4n) is 2.88. The topological polar surface area (TPSA) is 92.7 Å². The summed E-state index contributed by atoms with van der Waals surface area (Å²) in [6.07, 6.45) is 1.42. The van der Waals surface area contributed by atoms with Gasteiger partial charge < -0.3 is 20.3 Å². The molecule has 2 aliphatic rings. The Morgan fingerprint density at radius 2 is 2.12 bits per heavy atom. The maximum atomic E-state index is 12.4. The molecule has 0 unspecified atom stereocenters. The summed E-state index contributed by atoms with van der Waals surface area (Å²) in [6.45, 7) is 0.844. The molecule has 4 rings (SSSR count). The fraction of sp³-hybridized carbons (Fsp3) is 0.235. The number of benzene rings is 1. The summed E-state index contributed by atoms with van der Waals surface area (Å²) in [5.41, 5.74) is 1.60. The SMILES string of the molecule is COC(=O)N1CC(NC(=O)c2ccc3c(c2)NC(=O)c2cccn2S3)C1. The third-order valence-corrected chi connectivity index (χ3v) is 5.35. The van der Waals surface area contributed by atoms with Gasteiger partial charge >= 0.3 is 6.09 Å². The molecule has 0 saturated carbocycles. The highest BCUT2D eigenvalue weighted by Crippen LogP contribution is 2.33. The maximum Gasteiger partial charge on any atom is 0.409 e. The largest absolute Gasteiger partial charge is 0.453 e. The number of aromatic nitrogens is 1. The average Bonchev–Trinajstić information content (AvgIpc) is 3.01. The van der Waals surface area contributed by atoms with Gasteiger partial charge in [-0.15, -0.1) is 0 Å². The van der Waals surface area contributed by atoms with E-state index in [0.717, 1.165) is 4.90 Å². The molecule has 2 N–H and O–H groups in total. The number of rotatable bonds is 2. The summed E-state index contributed by atoms with van der Waals surface area (Å²) in [6, 6.07) is 8.64. The first-order valence-electron chi connectivity index (χ1n) is 8.00. The fourth-order valence-corrected chi connectivity index (χ4v) is 3.80. The minimum atomic E-state index is -0.399. The monoisotopic (exact) mass is 372 g/mol.